The summed E-state index contributed by atoms with van der Waals surface area (Å²) >= 11 is 2.23. The quantitative estimate of drug-likeness (QED) is 0.568. The third-order valence-electron chi connectivity index (χ3n) is 0.927. The summed E-state index contributed by atoms with van der Waals surface area (Å²) in [7, 11) is 0. The highest BCUT2D eigenvalue weighted by atomic mass is 127. The van der Waals surface area contributed by atoms with Crippen molar-refractivity contribution in [3.63, 3.8) is 0 Å². The second-order valence-corrected chi connectivity index (χ2v) is 2.99. The van der Waals surface area contributed by atoms with E-state index >= 15 is 0 Å². The van der Waals surface area contributed by atoms with E-state index < -0.39 is 0 Å². The van der Waals surface area contributed by atoms with Gasteiger partial charge in [-0.15, -0.1) is 0 Å². The Morgan fingerprint density at radius 2 is 2.33 bits per heavy atom. The van der Waals surface area contributed by atoms with Crippen molar-refractivity contribution in [2.45, 2.75) is 6.92 Å². The van der Waals surface area contributed by atoms with Crippen molar-refractivity contribution in [1.82, 2.24) is 0 Å². The number of hydrogen-bond donors (Lipinski definition) is 0. The zero-order valence-electron chi connectivity index (χ0n) is 5.06. The SMILES string of the molecule is CC1=CC=C(I)C=C=N1. The molecule has 0 aromatic rings. The number of rotatable bonds is 0. The summed E-state index contributed by atoms with van der Waals surface area (Å²) in [6.45, 7) is 1.95. The van der Waals surface area contributed by atoms with Crippen LogP contribution < -0.4 is 0 Å². The monoisotopic (exact) mass is 231 g/mol. The van der Waals surface area contributed by atoms with Crippen LogP contribution >= 0.6 is 22.6 Å². The van der Waals surface area contributed by atoms with E-state index in [1.165, 1.54) is 0 Å². The molecule has 46 valence electrons. The zero-order chi connectivity index (χ0) is 6.69. The van der Waals surface area contributed by atoms with Gasteiger partial charge in [-0.25, -0.2) is 4.99 Å². The van der Waals surface area contributed by atoms with Gasteiger partial charge in [0, 0.05) is 15.4 Å². The van der Waals surface area contributed by atoms with Crippen LogP contribution in [0.5, 0.6) is 0 Å². The maximum Gasteiger partial charge on any atom is 0.0473 e. The second kappa shape index (κ2) is 2.99. The largest absolute Gasteiger partial charge is 0.211 e. The van der Waals surface area contributed by atoms with E-state index in [9.17, 15) is 0 Å². The fraction of sp³-hybridized carbons (Fsp3) is 0.143. The van der Waals surface area contributed by atoms with Crippen molar-refractivity contribution < 1.29 is 0 Å². The van der Waals surface area contributed by atoms with Crippen LogP contribution in [0.4, 0.5) is 0 Å². The fourth-order valence-electron chi connectivity index (χ4n) is 0.481. The molecule has 0 aliphatic carbocycles. The Hall–Kier alpha value is -0.340. The third kappa shape index (κ3) is 2.16. The predicted molar refractivity (Wildman–Crippen MR) is 47.9 cm³/mol. The fourth-order valence-corrected chi connectivity index (χ4v) is 0.800. The number of hydrogen-bond acceptors (Lipinski definition) is 1. The third-order valence-corrected chi connectivity index (χ3v) is 1.60. The van der Waals surface area contributed by atoms with Gasteiger partial charge in [-0.3, -0.25) is 0 Å². The van der Waals surface area contributed by atoms with E-state index in [1.807, 2.05) is 25.2 Å². The van der Waals surface area contributed by atoms with Crippen molar-refractivity contribution in [3.05, 3.63) is 27.5 Å². The molecule has 0 radical (unpaired) electrons. The lowest BCUT2D eigenvalue weighted by atomic mass is 10.4. The van der Waals surface area contributed by atoms with Crippen LogP contribution in [-0.4, -0.2) is 5.87 Å². The van der Waals surface area contributed by atoms with Gasteiger partial charge >= 0.3 is 0 Å². The summed E-state index contributed by atoms with van der Waals surface area (Å²) in [5, 5.41) is 0. The van der Waals surface area contributed by atoms with Crippen molar-refractivity contribution in [3.8, 4) is 0 Å². The molecule has 1 heterocycles. The molecular formula is C7H6IN. The van der Waals surface area contributed by atoms with Crippen LogP contribution in [0, 0.1) is 0 Å². The van der Waals surface area contributed by atoms with Gasteiger partial charge in [-0.05, 0) is 47.5 Å². The first kappa shape index (κ1) is 6.78. The lowest BCUT2D eigenvalue weighted by Gasteiger charge is -1.80. The molecule has 0 N–H and O–H groups in total. The van der Waals surface area contributed by atoms with Crippen LogP contribution in [-0.2, 0) is 0 Å². The minimum Gasteiger partial charge on any atom is -0.211 e. The maximum atomic E-state index is 3.97. The van der Waals surface area contributed by atoms with E-state index in [4.69, 9.17) is 0 Å². The molecule has 9 heavy (non-hydrogen) atoms. The molecule has 0 aromatic carbocycles. The maximum absolute atomic E-state index is 3.97. The Balaban J connectivity index is 3.00. The first-order valence-corrected chi connectivity index (χ1v) is 3.70. The highest BCUT2D eigenvalue weighted by Gasteiger charge is 1.85. The topological polar surface area (TPSA) is 12.4 Å². The zero-order valence-corrected chi connectivity index (χ0v) is 7.21. The van der Waals surface area contributed by atoms with E-state index in [-0.39, 0.29) is 0 Å². The molecule has 0 bridgehead atoms. The number of aliphatic imine (C=N–C) groups is 1. The summed E-state index contributed by atoms with van der Waals surface area (Å²) in [5.41, 5.74) is 0.998. The molecule has 0 fully saturated rings. The average Bonchev–Trinajstić information content (AvgIpc) is 1.97. The van der Waals surface area contributed by atoms with Crippen LogP contribution in [0.25, 0.3) is 0 Å². The van der Waals surface area contributed by atoms with Gasteiger partial charge in [0.1, 0.15) is 0 Å². The summed E-state index contributed by atoms with van der Waals surface area (Å²) < 4.78 is 1.16. The Morgan fingerprint density at radius 1 is 1.56 bits per heavy atom. The Bertz CT molecular complexity index is 207. The molecule has 0 amide bonds. The number of halogens is 1. The van der Waals surface area contributed by atoms with Gasteiger partial charge in [0.05, 0.1) is 0 Å². The van der Waals surface area contributed by atoms with Gasteiger partial charge in [0.2, 0.25) is 0 Å². The van der Waals surface area contributed by atoms with Crippen molar-refractivity contribution in [2.24, 2.45) is 4.99 Å². The van der Waals surface area contributed by atoms with Gasteiger partial charge in [0.25, 0.3) is 0 Å². The van der Waals surface area contributed by atoms with Crippen molar-refractivity contribution in [1.29, 1.82) is 0 Å². The Morgan fingerprint density at radius 3 is 3.11 bits per heavy atom. The van der Waals surface area contributed by atoms with E-state index in [0.717, 1.165) is 9.28 Å². The minimum atomic E-state index is 0.998. The van der Waals surface area contributed by atoms with E-state index in [1.54, 1.807) is 0 Å². The molecule has 1 rings (SSSR count). The normalized spacial score (nSPS) is 16.7. The smallest absolute Gasteiger partial charge is 0.0473 e. The van der Waals surface area contributed by atoms with E-state index in [2.05, 4.69) is 33.5 Å². The molecule has 0 aromatic heterocycles. The molecule has 0 atom stereocenters. The second-order valence-electron chi connectivity index (χ2n) is 1.74. The van der Waals surface area contributed by atoms with Crippen molar-refractivity contribution >= 4 is 28.5 Å². The molecule has 0 saturated carbocycles. The summed E-state index contributed by atoms with van der Waals surface area (Å²) in [6.07, 6.45) is 5.84. The Labute approximate surface area is 68.0 Å². The van der Waals surface area contributed by atoms with Crippen LogP contribution in [0.15, 0.2) is 32.5 Å². The molecule has 0 saturated heterocycles. The van der Waals surface area contributed by atoms with Gasteiger partial charge < -0.3 is 0 Å². The molecule has 1 nitrogen and oxygen atoms in total. The molecule has 0 spiro atoms. The van der Waals surface area contributed by atoms with Crippen LogP contribution in [0.1, 0.15) is 6.92 Å². The molecule has 1 aliphatic rings. The van der Waals surface area contributed by atoms with Gasteiger partial charge in [-0.2, -0.15) is 0 Å². The average molecular weight is 231 g/mol. The van der Waals surface area contributed by atoms with Gasteiger partial charge in [0.15, 0.2) is 0 Å². The van der Waals surface area contributed by atoms with E-state index in [0.29, 0.717) is 0 Å². The van der Waals surface area contributed by atoms with Gasteiger partial charge in [-0.1, -0.05) is 0 Å². The molecule has 2 heteroatoms. The summed E-state index contributed by atoms with van der Waals surface area (Å²) in [4.78, 5) is 3.97. The van der Waals surface area contributed by atoms with Crippen LogP contribution in [0.3, 0.4) is 0 Å². The lowest BCUT2D eigenvalue weighted by Crippen LogP contribution is -1.60. The highest BCUT2D eigenvalue weighted by molar-refractivity contribution is 14.1. The number of allylic oxidation sites excluding steroid dienone is 5. The first-order chi connectivity index (χ1) is 4.29. The lowest BCUT2D eigenvalue weighted by molar-refractivity contribution is 1.33. The molecule has 1 aliphatic heterocycles. The molecule has 0 unspecified atom stereocenters. The molecular weight excluding hydrogens is 225 g/mol. The van der Waals surface area contributed by atoms with Crippen molar-refractivity contribution in [2.75, 3.05) is 0 Å². The van der Waals surface area contributed by atoms with Crippen LogP contribution in [0.2, 0.25) is 0 Å². The summed E-state index contributed by atoms with van der Waals surface area (Å²) in [5.74, 6) is 2.80. The Kier molecular flexibility index (Phi) is 2.25. The number of nitrogens with zero attached hydrogens (tertiary/aromatic N) is 1. The first-order valence-electron chi connectivity index (χ1n) is 2.62. The minimum absolute atomic E-state index is 0.998. The predicted octanol–water partition coefficient (Wildman–Crippen LogP) is 2.45. The standard InChI is InChI=1S/C7H6IN/c1-6-2-3-7(8)4-5-9-6/h2-4H,1H3. The summed E-state index contributed by atoms with van der Waals surface area (Å²) in [6, 6.07) is 0. The highest BCUT2D eigenvalue weighted by Crippen LogP contribution is 2.09.